The van der Waals surface area contributed by atoms with Crippen molar-refractivity contribution < 1.29 is 78.0 Å². The Labute approximate surface area is 481 Å². The summed E-state index contributed by atoms with van der Waals surface area (Å²) in [6, 6.07) is 29.0. The molecule has 0 saturated carbocycles. The van der Waals surface area contributed by atoms with E-state index in [0.29, 0.717) is 11.1 Å². The third-order valence-electron chi connectivity index (χ3n) is 12.4. The molecule has 0 bridgehead atoms. The summed E-state index contributed by atoms with van der Waals surface area (Å²) in [5.41, 5.74) is 5.02. The van der Waals surface area contributed by atoms with E-state index < -0.39 is 133 Å². The molecule has 8 amide bonds. The smallest absolute Gasteiger partial charge is 0.326 e. The molecule has 0 aliphatic rings. The average molecular weight is 1150 g/mol. The first kappa shape index (κ1) is 64.0. The fraction of sp³-hybridized carbons (Fsp3) is 0.233. The van der Waals surface area contributed by atoms with Crippen molar-refractivity contribution in [3.63, 3.8) is 0 Å². The first-order chi connectivity index (χ1) is 40.0. The van der Waals surface area contributed by atoms with Crippen LogP contribution in [-0.2, 0) is 60.8 Å². The van der Waals surface area contributed by atoms with E-state index in [1.165, 1.54) is 13.8 Å². The average Bonchev–Trinajstić information content (AvgIpc) is 3.62. The Bertz CT molecular complexity index is 3030. The summed E-state index contributed by atoms with van der Waals surface area (Å²) >= 11 is 0. The van der Waals surface area contributed by atoms with E-state index in [9.17, 15) is 67.7 Å². The van der Waals surface area contributed by atoms with Crippen molar-refractivity contribution in [2.75, 3.05) is 13.1 Å². The molecule has 5 aromatic rings. The zero-order chi connectivity index (χ0) is 61.3. The highest BCUT2D eigenvalue weighted by molar-refractivity contribution is 5.99. The summed E-state index contributed by atoms with van der Waals surface area (Å²) in [6.45, 7) is 1.69. The van der Waals surface area contributed by atoms with E-state index in [1.807, 2.05) is 48.6 Å². The van der Waals surface area contributed by atoms with Gasteiger partial charge in [-0.15, -0.1) is 0 Å². The molecule has 5 rings (SSSR count). The van der Waals surface area contributed by atoms with Crippen LogP contribution in [0.5, 0.6) is 0 Å². The van der Waals surface area contributed by atoms with Gasteiger partial charge in [0.25, 0.3) is 11.8 Å². The molecule has 24 heteroatoms. The second-order valence-corrected chi connectivity index (χ2v) is 19.0. The van der Waals surface area contributed by atoms with Gasteiger partial charge < -0.3 is 63.0 Å². The number of carbonyl (C=O) groups is 12. The quantitative estimate of drug-likeness (QED) is 0.0293. The van der Waals surface area contributed by atoms with E-state index in [2.05, 4.69) is 42.5 Å². The van der Waals surface area contributed by atoms with Crippen LogP contribution in [0.25, 0.3) is 24.3 Å². The van der Waals surface area contributed by atoms with Gasteiger partial charge in [-0.05, 0) is 71.5 Å². The first-order valence-electron chi connectivity index (χ1n) is 26.0. The SMILES string of the molecule is C[C@H](NC(=O)CNC(=O)c1ccc(/C=C/c2ccc(/C=C/c3ccc(C(=O)NCC(=O)N[C@@H](C)C(=O)N[C@@H](Cc4ccccc4)C(=O)N[C@@H](CC(=O)O)C(=O)O)cc3)cc2)cc1)C(=O)N[C@@H](Cc1ccccc1)C(=O)N[C@@H](CC(=O)O)C(=O)O. The van der Waals surface area contributed by atoms with E-state index >= 15 is 0 Å². The van der Waals surface area contributed by atoms with Gasteiger partial charge in [0.2, 0.25) is 35.4 Å². The number of nitrogens with one attached hydrogen (secondary N) is 8. The van der Waals surface area contributed by atoms with Crippen molar-refractivity contribution in [2.45, 2.75) is 75.8 Å². The van der Waals surface area contributed by atoms with Gasteiger partial charge in [0, 0.05) is 24.0 Å². The molecule has 0 heterocycles. The molecule has 0 aliphatic heterocycles. The van der Waals surface area contributed by atoms with Crippen LogP contribution >= 0.6 is 0 Å². The lowest BCUT2D eigenvalue weighted by Crippen LogP contribution is -2.56. The molecule has 84 heavy (non-hydrogen) atoms. The van der Waals surface area contributed by atoms with Gasteiger partial charge in [-0.25, -0.2) is 9.59 Å². The maximum absolute atomic E-state index is 13.1. The number of hydrogen-bond donors (Lipinski definition) is 12. The summed E-state index contributed by atoms with van der Waals surface area (Å²) < 4.78 is 0. The molecule has 0 fully saturated rings. The van der Waals surface area contributed by atoms with Gasteiger partial charge in [0.15, 0.2) is 0 Å². The van der Waals surface area contributed by atoms with Crippen molar-refractivity contribution in [3.8, 4) is 0 Å². The molecule has 0 unspecified atom stereocenters. The van der Waals surface area contributed by atoms with Crippen LogP contribution in [-0.4, -0.2) is 141 Å². The highest BCUT2D eigenvalue weighted by Crippen LogP contribution is 2.15. The molecule has 438 valence electrons. The monoisotopic (exact) mass is 1150 g/mol. The van der Waals surface area contributed by atoms with Crippen LogP contribution in [0, 0.1) is 0 Å². The summed E-state index contributed by atoms with van der Waals surface area (Å²) in [7, 11) is 0. The third kappa shape index (κ3) is 21.7. The Morgan fingerprint density at radius 3 is 0.940 bits per heavy atom. The summed E-state index contributed by atoms with van der Waals surface area (Å²) in [5.74, 6) is -12.1. The predicted molar refractivity (Wildman–Crippen MR) is 305 cm³/mol. The molecular formula is C60H62N8O16. The largest absolute Gasteiger partial charge is 0.481 e. The van der Waals surface area contributed by atoms with Crippen molar-refractivity contribution in [1.29, 1.82) is 0 Å². The predicted octanol–water partition coefficient (Wildman–Crippen LogP) is 2.04. The van der Waals surface area contributed by atoms with Crippen LogP contribution < -0.4 is 42.5 Å². The molecule has 0 spiro atoms. The number of rotatable bonds is 30. The molecule has 0 radical (unpaired) electrons. The molecule has 24 nitrogen and oxygen atoms in total. The normalized spacial score (nSPS) is 13.1. The highest BCUT2D eigenvalue weighted by atomic mass is 16.4. The van der Waals surface area contributed by atoms with E-state index in [4.69, 9.17) is 10.2 Å². The van der Waals surface area contributed by atoms with E-state index in [0.717, 1.165) is 22.3 Å². The minimum Gasteiger partial charge on any atom is -0.481 e. The zero-order valence-electron chi connectivity index (χ0n) is 45.4. The molecular weight excluding hydrogens is 1090 g/mol. The molecule has 5 aromatic carbocycles. The highest BCUT2D eigenvalue weighted by Gasteiger charge is 2.32. The van der Waals surface area contributed by atoms with Crippen molar-refractivity contribution in [2.24, 2.45) is 0 Å². The number of carbonyl (C=O) groups excluding carboxylic acids is 8. The van der Waals surface area contributed by atoms with Crippen LogP contribution in [0.15, 0.2) is 133 Å². The molecule has 0 aromatic heterocycles. The Morgan fingerprint density at radius 1 is 0.369 bits per heavy atom. The number of carboxylic acids is 4. The summed E-state index contributed by atoms with van der Waals surface area (Å²) in [5, 5.41) is 56.1. The summed E-state index contributed by atoms with van der Waals surface area (Å²) in [6.07, 6.45) is 5.48. The van der Waals surface area contributed by atoms with E-state index in [1.54, 1.807) is 109 Å². The Morgan fingerprint density at radius 2 is 0.655 bits per heavy atom. The fourth-order valence-corrected chi connectivity index (χ4v) is 7.84. The lowest BCUT2D eigenvalue weighted by molar-refractivity contribution is -0.147. The molecule has 0 aliphatic carbocycles. The van der Waals surface area contributed by atoms with Crippen molar-refractivity contribution in [1.82, 2.24) is 42.5 Å². The van der Waals surface area contributed by atoms with Crippen LogP contribution in [0.4, 0.5) is 0 Å². The number of hydrogen-bond acceptors (Lipinski definition) is 12. The minimum atomic E-state index is -1.76. The van der Waals surface area contributed by atoms with Crippen LogP contribution in [0.1, 0.15) is 80.8 Å². The van der Waals surface area contributed by atoms with Gasteiger partial charge >= 0.3 is 23.9 Å². The van der Waals surface area contributed by atoms with Crippen LogP contribution in [0.2, 0.25) is 0 Å². The number of benzene rings is 5. The molecule has 12 N–H and O–H groups in total. The zero-order valence-corrected chi connectivity index (χ0v) is 45.4. The minimum absolute atomic E-state index is 0.0780. The second kappa shape index (κ2) is 31.9. The summed E-state index contributed by atoms with van der Waals surface area (Å²) in [4.78, 5) is 149. The lowest BCUT2D eigenvalue weighted by Gasteiger charge is -2.23. The first-order valence-corrected chi connectivity index (χ1v) is 26.0. The maximum atomic E-state index is 13.1. The standard InChI is InChI=1S/C60H62N8O16/c1-35(53(75)65-45(29-41-9-5-3-6-10-41)57(79)67-47(59(81)82)31-51(71)72)63-49(69)33-61-55(77)43-25-21-39(22-26-43)19-17-37-13-15-38(16-14-37)18-20-40-23-27-44(28-24-40)56(78)62-34-50(70)64-36(2)54(76)66-46(30-42-11-7-4-8-12-42)58(80)68-48(60(83)84)32-52(73)74/h3-28,35-36,45-48H,29-34H2,1-2H3,(H,61,77)(H,62,78)(H,63,69)(H,64,70)(H,65,75)(H,66,76)(H,67,79)(H,68,80)(H,71,72)(H,73,74)(H,81,82)(H,83,84)/b19-17+,20-18+/t35-,36-,45-,46-,47-,48-/m0/s1. The van der Waals surface area contributed by atoms with Gasteiger partial charge in [-0.2, -0.15) is 0 Å². The topological polar surface area (TPSA) is 382 Å². The van der Waals surface area contributed by atoms with Gasteiger partial charge in [-0.1, -0.05) is 133 Å². The lowest BCUT2D eigenvalue weighted by atomic mass is 10.0. The Hall–Kier alpha value is -10.8. The van der Waals surface area contributed by atoms with Gasteiger partial charge in [0.05, 0.1) is 25.9 Å². The van der Waals surface area contributed by atoms with Gasteiger partial charge in [-0.3, -0.25) is 47.9 Å². The van der Waals surface area contributed by atoms with Gasteiger partial charge in [0.1, 0.15) is 36.3 Å². The van der Waals surface area contributed by atoms with E-state index in [-0.39, 0.29) is 24.0 Å². The fourth-order valence-electron chi connectivity index (χ4n) is 7.84. The van der Waals surface area contributed by atoms with Crippen LogP contribution in [0.3, 0.4) is 0 Å². The molecule has 6 atom stereocenters. The number of carboxylic acid groups (broad SMARTS) is 4. The Kier molecular flexibility index (Phi) is 24.3. The third-order valence-corrected chi connectivity index (χ3v) is 12.4. The Balaban J connectivity index is 1.04. The second-order valence-electron chi connectivity index (χ2n) is 19.0. The van der Waals surface area contributed by atoms with Crippen molar-refractivity contribution in [3.05, 3.63) is 178 Å². The number of aliphatic carboxylic acids is 4. The maximum Gasteiger partial charge on any atom is 0.326 e. The number of amides is 8. The van der Waals surface area contributed by atoms with Crippen molar-refractivity contribution >= 4 is 95.4 Å². The molecule has 0 saturated heterocycles.